The lowest BCUT2D eigenvalue weighted by Gasteiger charge is -2.38. The Labute approximate surface area is 189 Å². The molecule has 0 radical (unpaired) electrons. The van der Waals surface area contributed by atoms with Crippen molar-refractivity contribution >= 4 is 27.5 Å². The molecule has 1 saturated carbocycles. The first-order valence-corrected chi connectivity index (χ1v) is 12.8. The number of likely N-dealkylation sites (tertiary alicyclic amines) is 1. The zero-order valence-corrected chi connectivity index (χ0v) is 19.0. The summed E-state index contributed by atoms with van der Waals surface area (Å²) in [5, 5.41) is 3.10. The van der Waals surface area contributed by atoms with Crippen LogP contribution >= 0.6 is 0 Å². The topological polar surface area (TPSA) is 82.1 Å². The van der Waals surface area contributed by atoms with Crippen molar-refractivity contribution in [2.45, 2.75) is 49.6 Å². The highest BCUT2D eigenvalue weighted by Gasteiger charge is 2.38. The number of amides is 1. The number of nitrogens with zero attached hydrogens (tertiary/aromatic N) is 3. The molecule has 2 aromatic rings. The van der Waals surface area contributed by atoms with E-state index in [2.05, 4.69) is 26.4 Å². The predicted molar refractivity (Wildman–Crippen MR) is 125 cm³/mol. The van der Waals surface area contributed by atoms with Gasteiger partial charge in [-0.15, -0.1) is 4.40 Å². The zero-order chi connectivity index (χ0) is 22.3. The molecule has 3 aliphatic rings. The summed E-state index contributed by atoms with van der Waals surface area (Å²) in [6.45, 7) is 5.35. The highest BCUT2D eigenvalue weighted by atomic mass is 32.2. The van der Waals surface area contributed by atoms with E-state index in [0.29, 0.717) is 34.7 Å². The molecule has 32 heavy (non-hydrogen) atoms. The van der Waals surface area contributed by atoms with Crippen molar-refractivity contribution in [3.8, 4) is 0 Å². The maximum atomic E-state index is 13.4. The number of nitrogens with one attached hydrogen (secondary N) is 1. The van der Waals surface area contributed by atoms with Crippen molar-refractivity contribution in [3.63, 3.8) is 0 Å². The molecule has 0 atom stereocenters. The monoisotopic (exact) mass is 452 g/mol. The van der Waals surface area contributed by atoms with Crippen LogP contribution < -0.4 is 5.32 Å². The number of anilines is 1. The average Bonchev–Trinajstić information content (AvgIpc) is 3.61. The van der Waals surface area contributed by atoms with Crippen LogP contribution in [0.15, 0.2) is 57.8 Å². The lowest BCUT2D eigenvalue weighted by molar-refractivity contribution is 0.0554. The van der Waals surface area contributed by atoms with Crippen LogP contribution in [0.3, 0.4) is 0 Å². The number of carbonyl (C=O) groups is 1. The van der Waals surface area contributed by atoms with Gasteiger partial charge in [0.05, 0.1) is 0 Å². The van der Waals surface area contributed by atoms with E-state index in [4.69, 9.17) is 0 Å². The van der Waals surface area contributed by atoms with E-state index in [-0.39, 0.29) is 10.8 Å². The van der Waals surface area contributed by atoms with Crippen molar-refractivity contribution in [3.05, 3.63) is 59.7 Å². The van der Waals surface area contributed by atoms with Gasteiger partial charge in [0.15, 0.2) is 5.84 Å². The Morgan fingerprint density at radius 2 is 1.69 bits per heavy atom. The fourth-order valence-electron chi connectivity index (χ4n) is 4.67. The van der Waals surface area contributed by atoms with E-state index >= 15 is 0 Å². The Morgan fingerprint density at radius 3 is 2.34 bits per heavy atom. The molecule has 2 fully saturated rings. The summed E-state index contributed by atoms with van der Waals surface area (Å²) in [6.07, 6.45) is 4.24. The highest BCUT2D eigenvalue weighted by Crippen LogP contribution is 2.33. The lowest BCUT2D eigenvalue weighted by Crippen LogP contribution is -2.48. The average molecular weight is 453 g/mol. The molecule has 0 aromatic heterocycles. The van der Waals surface area contributed by atoms with E-state index in [1.807, 2.05) is 24.3 Å². The quantitative estimate of drug-likeness (QED) is 0.753. The van der Waals surface area contributed by atoms with Crippen molar-refractivity contribution in [1.82, 2.24) is 9.80 Å². The minimum atomic E-state index is -3.67. The standard InChI is InChI=1S/C24H28N4O3S/c1-2-27-15-13-20(14-16-27)28(19-11-12-19)24(29)17-7-9-18(10-8-17)25-23-21-5-3-4-6-22(21)32(30,31)26-23/h3-10,19-20H,2,11-16H2,1H3,(H,25,26). The number of rotatable bonds is 5. The molecular weight excluding hydrogens is 424 g/mol. The Hall–Kier alpha value is -2.71. The summed E-state index contributed by atoms with van der Waals surface area (Å²) < 4.78 is 28.4. The van der Waals surface area contributed by atoms with Gasteiger partial charge in [0, 0.05) is 42.0 Å². The van der Waals surface area contributed by atoms with Crippen LogP contribution in [0.5, 0.6) is 0 Å². The largest absolute Gasteiger partial charge is 0.339 e. The van der Waals surface area contributed by atoms with Crippen molar-refractivity contribution in [1.29, 1.82) is 0 Å². The third-order valence-corrected chi connectivity index (χ3v) is 7.93. The third-order valence-electron chi connectivity index (χ3n) is 6.60. The van der Waals surface area contributed by atoms with Crippen LogP contribution in [0.25, 0.3) is 0 Å². The van der Waals surface area contributed by atoms with E-state index in [1.54, 1.807) is 24.3 Å². The van der Waals surface area contributed by atoms with Crippen LogP contribution in [0.4, 0.5) is 5.69 Å². The van der Waals surface area contributed by atoms with Gasteiger partial charge in [-0.3, -0.25) is 4.79 Å². The number of sulfonamides is 1. The second-order valence-electron chi connectivity index (χ2n) is 8.72. The second kappa shape index (κ2) is 8.33. The fraction of sp³-hybridized carbons (Fsp3) is 0.417. The minimum Gasteiger partial charge on any atom is -0.339 e. The molecule has 1 aliphatic carbocycles. The van der Waals surface area contributed by atoms with E-state index in [0.717, 1.165) is 45.3 Å². The van der Waals surface area contributed by atoms with Crippen molar-refractivity contribution < 1.29 is 13.2 Å². The molecule has 0 unspecified atom stereocenters. The van der Waals surface area contributed by atoms with E-state index in [9.17, 15) is 13.2 Å². The smallest absolute Gasteiger partial charge is 0.285 e. The van der Waals surface area contributed by atoms with Gasteiger partial charge in [0.2, 0.25) is 0 Å². The Balaban J connectivity index is 1.31. The van der Waals surface area contributed by atoms with Gasteiger partial charge >= 0.3 is 0 Å². The number of amidine groups is 1. The Kier molecular flexibility index (Phi) is 5.51. The predicted octanol–water partition coefficient (Wildman–Crippen LogP) is 3.34. The van der Waals surface area contributed by atoms with Gasteiger partial charge in [-0.1, -0.05) is 19.1 Å². The second-order valence-corrected chi connectivity index (χ2v) is 10.3. The van der Waals surface area contributed by atoms with Gasteiger partial charge in [0.1, 0.15) is 4.90 Å². The summed E-state index contributed by atoms with van der Waals surface area (Å²) in [7, 11) is -3.67. The van der Waals surface area contributed by atoms with Gasteiger partial charge in [-0.2, -0.15) is 8.42 Å². The maximum Gasteiger partial charge on any atom is 0.285 e. The SMILES string of the molecule is CCN1CCC(N(C(=O)c2ccc(NC3=NS(=O)(=O)c4ccccc43)cc2)C2CC2)CC1. The van der Waals surface area contributed by atoms with Gasteiger partial charge < -0.3 is 15.1 Å². The summed E-state index contributed by atoms with van der Waals surface area (Å²) >= 11 is 0. The Morgan fingerprint density at radius 1 is 1.03 bits per heavy atom. The van der Waals surface area contributed by atoms with Gasteiger partial charge in [-0.25, -0.2) is 0 Å². The molecule has 1 saturated heterocycles. The summed E-state index contributed by atoms with van der Waals surface area (Å²) in [5.74, 6) is 0.405. The molecule has 0 bridgehead atoms. The molecule has 0 spiro atoms. The molecule has 5 rings (SSSR count). The third kappa shape index (κ3) is 4.04. The van der Waals surface area contributed by atoms with Gasteiger partial charge in [-0.05, 0) is 68.6 Å². The number of carbonyl (C=O) groups excluding carboxylic acids is 1. The van der Waals surface area contributed by atoms with Crippen molar-refractivity contribution in [2.24, 2.45) is 4.40 Å². The lowest BCUT2D eigenvalue weighted by atomic mass is 10.0. The van der Waals surface area contributed by atoms with E-state index < -0.39 is 10.0 Å². The van der Waals surface area contributed by atoms with Gasteiger partial charge in [0.25, 0.3) is 15.9 Å². The van der Waals surface area contributed by atoms with Crippen molar-refractivity contribution in [2.75, 3.05) is 25.0 Å². The first kappa shape index (κ1) is 21.2. The summed E-state index contributed by atoms with van der Waals surface area (Å²) in [5.41, 5.74) is 1.93. The molecular formula is C24H28N4O3S. The first-order valence-electron chi connectivity index (χ1n) is 11.3. The molecule has 2 aromatic carbocycles. The van der Waals surface area contributed by atoms with E-state index in [1.165, 1.54) is 0 Å². The number of fused-ring (bicyclic) bond motifs is 1. The number of benzene rings is 2. The van der Waals surface area contributed by atoms with Crippen LogP contribution in [-0.2, 0) is 10.0 Å². The molecule has 7 nitrogen and oxygen atoms in total. The number of hydrogen-bond donors (Lipinski definition) is 1. The first-order chi connectivity index (χ1) is 15.5. The molecule has 1 amide bonds. The zero-order valence-electron chi connectivity index (χ0n) is 18.2. The molecule has 8 heteroatoms. The summed E-state index contributed by atoms with van der Waals surface area (Å²) in [4.78, 5) is 18.1. The molecule has 1 N–H and O–H groups in total. The fourth-order valence-corrected chi connectivity index (χ4v) is 5.85. The van der Waals surface area contributed by atoms with Crippen LogP contribution in [0, 0.1) is 0 Å². The normalized spacial score (nSPS) is 20.5. The van der Waals surface area contributed by atoms with Crippen LogP contribution in [0.1, 0.15) is 48.5 Å². The molecule has 168 valence electrons. The number of hydrogen-bond acceptors (Lipinski definition) is 5. The van der Waals surface area contributed by atoms with Crippen LogP contribution in [-0.4, -0.2) is 61.7 Å². The molecule has 2 heterocycles. The highest BCUT2D eigenvalue weighted by molar-refractivity contribution is 7.90. The van der Waals surface area contributed by atoms with Crippen LogP contribution in [0.2, 0.25) is 0 Å². The summed E-state index contributed by atoms with van der Waals surface area (Å²) in [6, 6.07) is 14.7. The minimum absolute atomic E-state index is 0.0973. The molecule has 2 aliphatic heterocycles. The maximum absolute atomic E-state index is 13.4. The number of piperidine rings is 1. The Bertz CT molecular complexity index is 1150.